The maximum absolute atomic E-state index is 12.1. The third-order valence-electron chi connectivity index (χ3n) is 3.39. The molecule has 0 unspecified atom stereocenters. The lowest BCUT2D eigenvalue weighted by Gasteiger charge is -2.24. The van der Waals surface area contributed by atoms with Crippen molar-refractivity contribution < 1.29 is 13.2 Å². The van der Waals surface area contributed by atoms with Crippen molar-refractivity contribution in [1.29, 1.82) is 0 Å². The minimum absolute atomic E-state index is 0.0899. The summed E-state index contributed by atoms with van der Waals surface area (Å²) in [5, 5.41) is 0. The quantitative estimate of drug-likeness (QED) is 0.728. The standard InChI is InChI=1S/C15H24N2O3S/c1-4-16(5-2)15(18)13-17(21(3,19)20)12-11-14-9-7-6-8-10-14/h6-10H,4-5,11-13H2,1-3H3. The van der Waals surface area contributed by atoms with Crippen LogP contribution < -0.4 is 0 Å². The molecule has 0 aromatic heterocycles. The maximum Gasteiger partial charge on any atom is 0.237 e. The number of carbonyl (C=O) groups excluding carboxylic acids is 1. The number of benzene rings is 1. The fraction of sp³-hybridized carbons (Fsp3) is 0.533. The molecule has 0 aliphatic heterocycles. The molecule has 5 nitrogen and oxygen atoms in total. The molecule has 0 fully saturated rings. The molecule has 0 heterocycles. The van der Waals surface area contributed by atoms with Crippen molar-refractivity contribution in [2.45, 2.75) is 20.3 Å². The van der Waals surface area contributed by atoms with Gasteiger partial charge in [-0.15, -0.1) is 0 Å². The lowest BCUT2D eigenvalue weighted by atomic mass is 10.1. The Morgan fingerprint density at radius 3 is 2.14 bits per heavy atom. The van der Waals surface area contributed by atoms with Crippen LogP contribution in [0.15, 0.2) is 30.3 Å². The molecular formula is C15H24N2O3S. The van der Waals surface area contributed by atoms with E-state index in [-0.39, 0.29) is 12.5 Å². The first-order valence-electron chi connectivity index (χ1n) is 7.15. The number of hydrogen-bond donors (Lipinski definition) is 0. The van der Waals surface area contributed by atoms with Crippen molar-refractivity contribution in [3.05, 3.63) is 35.9 Å². The van der Waals surface area contributed by atoms with E-state index in [9.17, 15) is 13.2 Å². The van der Waals surface area contributed by atoms with E-state index in [2.05, 4.69) is 0 Å². The Bertz CT molecular complexity index is 539. The molecule has 6 heteroatoms. The molecule has 0 saturated carbocycles. The summed E-state index contributed by atoms with van der Waals surface area (Å²) < 4.78 is 24.9. The number of amides is 1. The van der Waals surface area contributed by atoms with E-state index in [0.717, 1.165) is 11.8 Å². The van der Waals surface area contributed by atoms with Crippen LogP contribution in [0.5, 0.6) is 0 Å². The van der Waals surface area contributed by atoms with E-state index < -0.39 is 10.0 Å². The topological polar surface area (TPSA) is 57.7 Å². The zero-order valence-corrected chi connectivity index (χ0v) is 13.8. The Morgan fingerprint density at radius 2 is 1.67 bits per heavy atom. The minimum atomic E-state index is -3.39. The van der Waals surface area contributed by atoms with Gasteiger partial charge in [0.15, 0.2) is 0 Å². The molecule has 0 bridgehead atoms. The summed E-state index contributed by atoms with van der Waals surface area (Å²) in [4.78, 5) is 13.7. The van der Waals surface area contributed by atoms with Crippen LogP contribution in [0.3, 0.4) is 0 Å². The fourth-order valence-corrected chi connectivity index (χ4v) is 2.86. The van der Waals surface area contributed by atoms with Crippen LogP contribution in [0.2, 0.25) is 0 Å². The number of sulfonamides is 1. The van der Waals surface area contributed by atoms with Crippen molar-refractivity contribution in [3.8, 4) is 0 Å². The number of rotatable bonds is 8. The van der Waals surface area contributed by atoms with Gasteiger partial charge in [0.05, 0.1) is 12.8 Å². The zero-order valence-electron chi connectivity index (χ0n) is 12.9. The van der Waals surface area contributed by atoms with Crippen LogP contribution in [-0.4, -0.2) is 56.0 Å². The van der Waals surface area contributed by atoms with Gasteiger partial charge >= 0.3 is 0 Å². The van der Waals surface area contributed by atoms with Crippen molar-refractivity contribution in [1.82, 2.24) is 9.21 Å². The van der Waals surface area contributed by atoms with E-state index >= 15 is 0 Å². The highest BCUT2D eigenvalue weighted by Crippen LogP contribution is 2.05. The molecule has 118 valence electrons. The van der Waals surface area contributed by atoms with Gasteiger partial charge in [-0.2, -0.15) is 4.31 Å². The molecule has 1 rings (SSSR count). The summed E-state index contributed by atoms with van der Waals surface area (Å²) >= 11 is 0. The van der Waals surface area contributed by atoms with Gasteiger partial charge in [0, 0.05) is 19.6 Å². The van der Waals surface area contributed by atoms with E-state index in [1.54, 1.807) is 4.90 Å². The lowest BCUT2D eigenvalue weighted by Crippen LogP contribution is -2.43. The van der Waals surface area contributed by atoms with Gasteiger partial charge in [-0.25, -0.2) is 8.42 Å². The predicted molar refractivity (Wildman–Crippen MR) is 84.5 cm³/mol. The third-order valence-corrected chi connectivity index (χ3v) is 4.64. The van der Waals surface area contributed by atoms with Crippen molar-refractivity contribution in [2.24, 2.45) is 0 Å². The van der Waals surface area contributed by atoms with Crippen molar-refractivity contribution in [2.75, 3.05) is 32.4 Å². The van der Waals surface area contributed by atoms with Crippen LogP contribution in [0.25, 0.3) is 0 Å². The fourth-order valence-electron chi connectivity index (χ4n) is 2.09. The Hall–Kier alpha value is -1.40. The molecule has 0 N–H and O–H groups in total. The Balaban J connectivity index is 2.71. The summed E-state index contributed by atoms with van der Waals surface area (Å²) in [6, 6.07) is 9.66. The van der Waals surface area contributed by atoms with Gasteiger partial charge in [-0.1, -0.05) is 30.3 Å². The normalized spacial score (nSPS) is 11.6. The largest absolute Gasteiger partial charge is 0.342 e. The minimum Gasteiger partial charge on any atom is -0.342 e. The summed E-state index contributed by atoms with van der Waals surface area (Å²) in [5.74, 6) is -0.154. The molecule has 0 aliphatic carbocycles. The highest BCUT2D eigenvalue weighted by molar-refractivity contribution is 7.88. The molecule has 1 amide bonds. The van der Waals surface area contributed by atoms with E-state index in [4.69, 9.17) is 0 Å². The monoisotopic (exact) mass is 312 g/mol. The molecular weight excluding hydrogens is 288 g/mol. The molecule has 0 atom stereocenters. The number of likely N-dealkylation sites (N-methyl/N-ethyl adjacent to an activating group) is 1. The average Bonchev–Trinajstić information content (AvgIpc) is 2.44. The van der Waals surface area contributed by atoms with Gasteiger partial charge in [0.2, 0.25) is 15.9 Å². The second kappa shape index (κ2) is 8.14. The molecule has 1 aromatic rings. The second-order valence-electron chi connectivity index (χ2n) is 4.90. The van der Waals surface area contributed by atoms with Gasteiger partial charge in [-0.3, -0.25) is 4.79 Å². The SMILES string of the molecule is CCN(CC)C(=O)CN(CCc1ccccc1)S(C)(=O)=O. The van der Waals surface area contributed by atoms with Crippen LogP contribution in [0.1, 0.15) is 19.4 Å². The Kier molecular flexibility index (Phi) is 6.84. The maximum atomic E-state index is 12.1. The van der Waals surface area contributed by atoms with Crippen molar-refractivity contribution in [3.63, 3.8) is 0 Å². The summed E-state index contributed by atoms with van der Waals surface area (Å²) in [5.41, 5.74) is 1.06. The van der Waals surface area contributed by atoms with Gasteiger partial charge < -0.3 is 4.90 Å². The highest BCUT2D eigenvalue weighted by atomic mass is 32.2. The highest BCUT2D eigenvalue weighted by Gasteiger charge is 2.22. The lowest BCUT2D eigenvalue weighted by molar-refractivity contribution is -0.131. The molecule has 1 aromatic carbocycles. The first kappa shape index (κ1) is 17.7. The van der Waals surface area contributed by atoms with Crippen LogP contribution in [0, 0.1) is 0 Å². The molecule has 0 aliphatic rings. The number of hydrogen-bond acceptors (Lipinski definition) is 3. The van der Waals surface area contributed by atoms with Gasteiger partial charge in [0.25, 0.3) is 0 Å². The van der Waals surface area contributed by atoms with E-state index in [1.165, 1.54) is 4.31 Å². The Labute approximate surface area is 127 Å². The molecule has 21 heavy (non-hydrogen) atoms. The molecule has 0 spiro atoms. The molecule has 0 radical (unpaired) electrons. The summed E-state index contributed by atoms with van der Waals surface area (Å²) in [6.45, 7) is 5.17. The Morgan fingerprint density at radius 1 is 1.10 bits per heavy atom. The second-order valence-corrected chi connectivity index (χ2v) is 6.88. The van der Waals surface area contributed by atoms with Crippen LogP contribution >= 0.6 is 0 Å². The van der Waals surface area contributed by atoms with Crippen LogP contribution in [0.4, 0.5) is 0 Å². The third kappa shape index (κ3) is 5.85. The van der Waals surface area contributed by atoms with Crippen molar-refractivity contribution >= 4 is 15.9 Å². The predicted octanol–water partition coefficient (Wildman–Crippen LogP) is 1.36. The van der Waals surface area contributed by atoms with Crippen LogP contribution in [-0.2, 0) is 21.2 Å². The first-order valence-corrected chi connectivity index (χ1v) is 9.00. The van der Waals surface area contributed by atoms with Gasteiger partial charge in [-0.05, 0) is 25.8 Å². The first-order chi connectivity index (χ1) is 9.88. The summed E-state index contributed by atoms with van der Waals surface area (Å²) in [7, 11) is -3.39. The van der Waals surface area contributed by atoms with E-state index in [0.29, 0.717) is 26.1 Å². The number of nitrogens with zero attached hydrogens (tertiary/aromatic N) is 2. The zero-order chi connectivity index (χ0) is 15.9. The van der Waals surface area contributed by atoms with Gasteiger partial charge in [0.1, 0.15) is 0 Å². The molecule has 0 saturated heterocycles. The summed E-state index contributed by atoms with van der Waals surface area (Å²) in [6.07, 6.45) is 1.74. The average molecular weight is 312 g/mol. The smallest absolute Gasteiger partial charge is 0.237 e. The number of carbonyl (C=O) groups is 1. The van der Waals surface area contributed by atoms with E-state index in [1.807, 2.05) is 44.2 Å².